The van der Waals surface area contributed by atoms with Crippen LogP contribution in [0.5, 0.6) is 11.5 Å². The molecular formula is C17H15N3O3S2. The number of carbonyl (C=O) groups is 1. The predicted octanol–water partition coefficient (Wildman–Crippen LogP) is 3.94. The number of benzene rings is 1. The lowest BCUT2D eigenvalue weighted by Gasteiger charge is -2.08. The lowest BCUT2D eigenvalue weighted by Crippen LogP contribution is -2.07. The van der Waals surface area contributed by atoms with Gasteiger partial charge in [0.15, 0.2) is 5.13 Å². The third-order valence-electron chi connectivity index (χ3n) is 3.27. The largest absolute Gasteiger partial charge is 0.497 e. The van der Waals surface area contributed by atoms with Crippen molar-refractivity contribution in [2.24, 2.45) is 0 Å². The van der Waals surface area contributed by atoms with Crippen molar-refractivity contribution in [3.8, 4) is 22.8 Å². The molecular weight excluding hydrogens is 358 g/mol. The first kappa shape index (κ1) is 17.1. The number of carbonyl (C=O) groups excluding carboxylic acids is 1. The van der Waals surface area contributed by atoms with E-state index in [2.05, 4.69) is 15.3 Å². The van der Waals surface area contributed by atoms with Crippen LogP contribution in [0.4, 0.5) is 5.13 Å². The topological polar surface area (TPSA) is 73.3 Å². The molecule has 0 aliphatic carbocycles. The number of amides is 1. The van der Waals surface area contributed by atoms with Crippen molar-refractivity contribution in [2.75, 3.05) is 19.5 Å². The predicted molar refractivity (Wildman–Crippen MR) is 100 cm³/mol. The fraction of sp³-hybridized carbons (Fsp3) is 0.118. The van der Waals surface area contributed by atoms with Gasteiger partial charge in [-0.05, 0) is 18.2 Å². The number of thiazole rings is 2. The maximum Gasteiger partial charge on any atom is 0.250 e. The number of nitrogens with zero attached hydrogens (tertiary/aromatic N) is 2. The van der Waals surface area contributed by atoms with E-state index in [1.165, 1.54) is 28.7 Å². The molecule has 1 aromatic carbocycles. The molecule has 0 fully saturated rings. The first-order chi connectivity index (χ1) is 12.2. The van der Waals surface area contributed by atoms with Crippen molar-refractivity contribution >= 4 is 39.8 Å². The summed E-state index contributed by atoms with van der Waals surface area (Å²) in [6.07, 6.45) is 4.88. The molecule has 0 radical (unpaired) electrons. The van der Waals surface area contributed by atoms with Crippen LogP contribution >= 0.6 is 22.7 Å². The lowest BCUT2D eigenvalue weighted by molar-refractivity contribution is -0.111. The highest BCUT2D eigenvalue weighted by Gasteiger charge is 2.12. The minimum absolute atomic E-state index is 0.240. The minimum atomic E-state index is -0.240. The van der Waals surface area contributed by atoms with Crippen LogP contribution < -0.4 is 14.8 Å². The molecule has 0 spiro atoms. The molecule has 0 aliphatic rings. The van der Waals surface area contributed by atoms with Crippen LogP contribution in [0.2, 0.25) is 0 Å². The maximum absolute atomic E-state index is 12.0. The summed E-state index contributed by atoms with van der Waals surface area (Å²) in [7, 11) is 3.20. The van der Waals surface area contributed by atoms with Gasteiger partial charge in [-0.15, -0.1) is 22.7 Å². The van der Waals surface area contributed by atoms with Crippen molar-refractivity contribution < 1.29 is 14.3 Å². The van der Waals surface area contributed by atoms with Gasteiger partial charge >= 0.3 is 0 Å². The molecule has 2 aromatic heterocycles. The van der Waals surface area contributed by atoms with Crippen molar-refractivity contribution in [1.82, 2.24) is 9.97 Å². The number of aromatic nitrogens is 2. The van der Waals surface area contributed by atoms with Crippen LogP contribution in [0.3, 0.4) is 0 Å². The average Bonchev–Trinajstić information content (AvgIpc) is 3.31. The highest BCUT2D eigenvalue weighted by atomic mass is 32.1. The van der Waals surface area contributed by atoms with E-state index in [9.17, 15) is 4.79 Å². The van der Waals surface area contributed by atoms with Gasteiger partial charge in [-0.2, -0.15) is 0 Å². The van der Waals surface area contributed by atoms with E-state index in [0.717, 1.165) is 16.1 Å². The fourth-order valence-corrected chi connectivity index (χ4v) is 3.30. The second kappa shape index (κ2) is 7.91. The Hall–Kier alpha value is -2.71. The molecule has 0 saturated carbocycles. The SMILES string of the molecule is COc1ccc(-c2csc(NC(=O)/C=C/c3cncs3)n2)c(OC)c1. The van der Waals surface area contributed by atoms with Gasteiger partial charge in [0.05, 0.1) is 25.4 Å². The van der Waals surface area contributed by atoms with Gasteiger partial charge in [-0.25, -0.2) is 4.98 Å². The van der Waals surface area contributed by atoms with Gasteiger partial charge in [0.1, 0.15) is 11.5 Å². The molecule has 3 aromatic rings. The summed E-state index contributed by atoms with van der Waals surface area (Å²) in [5.41, 5.74) is 3.28. The number of hydrogen-bond donors (Lipinski definition) is 1. The Kier molecular flexibility index (Phi) is 5.42. The van der Waals surface area contributed by atoms with E-state index in [-0.39, 0.29) is 5.91 Å². The van der Waals surface area contributed by atoms with E-state index in [1.54, 1.807) is 38.1 Å². The summed E-state index contributed by atoms with van der Waals surface area (Å²) in [5, 5.41) is 5.14. The molecule has 6 nitrogen and oxygen atoms in total. The molecule has 1 N–H and O–H groups in total. The van der Waals surface area contributed by atoms with Crippen LogP contribution in [0.25, 0.3) is 17.3 Å². The van der Waals surface area contributed by atoms with E-state index >= 15 is 0 Å². The first-order valence-corrected chi connectivity index (χ1v) is 9.01. The number of hydrogen-bond acceptors (Lipinski definition) is 7. The summed E-state index contributed by atoms with van der Waals surface area (Å²) >= 11 is 2.82. The molecule has 0 unspecified atom stereocenters. The summed E-state index contributed by atoms with van der Waals surface area (Å²) in [4.78, 5) is 21.3. The summed E-state index contributed by atoms with van der Waals surface area (Å²) in [6.45, 7) is 0. The third kappa shape index (κ3) is 4.23. The van der Waals surface area contributed by atoms with E-state index < -0.39 is 0 Å². The first-order valence-electron chi connectivity index (χ1n) is 7.25. The van der Waals surface area contributed by atoms with Gasteiger partial charge in [0.2, 0.25) is 5.91 Å². The van der Waals surface area contributed by atoms with Crippen LogP contribution in [-0.2, 0) is 4.79 Å². The van der Waals surface area contributed by atoms with Crippen molar-refractivity contribution in [3.05, 3.63) is 46.2 Å². The Morgan fingerprint density at radius 2 is 2.12 bits per heavy atom. The molecule has 0 bridgehead atoms. The smallest absolute Gasteiger partial charge is 0.250 e. The summed E-state index contributed by atoms with van der Waals surface area (Å²) in [5.74, 6) is 1.13. The van der Waals surface area contributed by atoms with E-state index in [1.807, 2.05) is 17.5 Å². The Bertz CT molecular complexity index is 888. The van der Waals surface area contributed by atoms with Gasteiger partial charge in [-0.1, -0.05) is 0 Å². The van der Waals surface area contributed by atoms with Crippen molar-refractivity contribution in [2.45, 2.75) is 0 Å². The number of ether oxygens (including phenoxy) is 2. The van der Waals surface area contributed by atoms with Crippen molar-refractivity contribution in [3.63, 3.8) is 0 Å². The molecule has 1 amide bonds. The number of anilines is 1. The number of rotatable bonds is 6. The fourth-order valence-electron chi connectivity index (χ4n) is 2.08. The normalized spacial score (nSPS) is 10.8. The molecule has 0 saturated heterocycles. The molecule has 25 heavy (non-hydrogen) atoms. The zero-order valence-corrected chi connectivity index (χ0v) is 15.2. The molecule has 2 heterocycles. The second-order valence-corrected chi connectivity index (χ2v) is 6.61. The van der Waals surface area contributed by atoms with Gasteiger partial charge in [0.25, 0.3) is 0 Å². The molecule has 0 aliphatic heterocycles. The van der Waals surface area contributed by atoms with Crippen LogP contribution in [0.15, 0.2) is 41.4 Å². The van der Waals surface area contributed by atoms with Gasteiger partial charge in [0, 0.05) is 34.2 Å². The Morgan fingerprint density at radius 1 is 1.24 bits per heavy atom. The molecule has 3 rings (SSSR count). The molecule has 8 heteroatoms. The maximum atomic E-state index is 12.0. The lowest BCUT2D eigenvalue weighted by atomic mass is 10.1. The quantitative estimate of drug-likeness (QED) is 0.663. The Labute approximate surface area is 152 Å². The van der Waals surface area contributed by atoms with Crippen molar-refractivity contribution in [1.29, 1.82) is 0 Å². The standard InChI is InChI=1S/C17H15N3O3S2/c1-22-11-3-5-13(15(7-11)23-2)14-9-24-17(19-14)20-16(21)6-4-12-8-18-10-25-12/h3-10H,1-2H3,(H,19,20,21)/b6-4+. The summed E-state index contributed by atoms with van der Waals surface area (Å²) < 4.78 is 10.6. The zero-order valence-electron chi connectivity index (χ0n) is 13.6. The van der Waals surface area contributed by atoms with Gasteiger partial charge < -0.3 is 9.47 Å². The minimum Gasteiger partial charge on any atom is -0.497 e. The molecule has 0 atom stereocenters. The average molecular weight is 373 g/mol. The Morgan fingerprint density at radius 3 is 2.84 bits per heavy atom. The van der Waals surface area contributed by atoms with Crippen LogP contribution in [-0.4, -0.2) is 30.1 Å². The van der Waals surface area contributed by atoms with E-state index in [4.69, 9.17) is 9.47 Å². The zero-order chi connectivity index (χ0) is 17.6. The number of methoxy groups -OCH3 is 2. The Balaban J connectivity index is 1.73. The molecule has 128 valence electrons. The summed E-state index contributed by atoms with van der Waals surface area (Å²) in [6, 6.07) is 5.51. The monoisotopic (exact) mass is 373 g/mol. The highest BCUT2D eigenvalue weighted by molar-refractivity contribution is 7.14. The third-order valence-corrected chi connectivity index (χ3v) is 4.77. The van der Waals surface area contributed by atoms with E-state index in [0.29, 0.717) is 16.6 Å². The van der Waals surface area contributed by atoms with Crippen LogP contribution in [0, 0.1) is 0 Å². The van der Waals surface area contributed by atoms with Crippen LogP contribution in [0.1, 0.15) is 4.88 Å². The highest BCUT2D eigenvalue weighted by Crippen LogP contribution is 2.34. The number of nitrogens with one attached hydrogen (secondary N) is 1. The second-order valence-electron chi connectivity index (χ2n) is 4.83. The van der Waals surface area contributed by atoms with Gasteiger partial charge in [-0.3, -0.25) is 15.1 Å².